The predicted molar refractivity (Wildman–Crippen MR) is 76.7 cm³/mol. The molecule has 0 amide bonds. The zero-order valence-electron chi connectivity index (χ0n) is 11.4. The fourth-order valence-electron chi connectivity index (χ4n) is 2.37. The predicted octanol–water partition coefficient (Wildman–Crippen LogP) is 2.69. The maximum absolute atomic E-state index is 5.34. The van der Waals surface area contributed by atoms with Gasteiger partial charge in [-0.25, -0.2) is 0 Å². The van der Waals surface area contributed by atoms with Crippen molar-refractivity contribution in [1.29, 1.82) is 0 Å². The van der Waals surface area contributed by atoms with Crippen molar-refractivity contribution in [2.24, 2.45) is 0 Å². The van der Waals surface area contributed by atoms with E-state index in [-0.39, 0.29) is 4.87 Å². The summed E-state index contributed by atoms with van der Waals surface area (Å²) in [6, 6.07) is 6.15. The summed E-state index contributed by atoms with van der Waals surface area (Å²) in [5.74, 6) is 1.58. The average Bonchev–Trinajstić information content (AvgIpc) is 2.68. The van der Waals surface area contributed by atoms with Gasteiger partial charge >= 0.3 is 0 Å². The first-order valence-corrected chi connectivity index (χ1v) is 7.08. The monoisotopic (exact) mass is 267 g/mol. The summed E-state index contributed by atoms with van der Waals surface area (Å²) in [4.78, 5) is 0.124. The number of methoxy groups -OCH3 is 2. The van der Waals surface area contributed by atoms with Crippen LogP contribution in [0.5, 0.6) is 11.5 Å². The van der Waals surface area contributed by atoms with Crippen molar-refractivity contribution >= 4 is 11.8 Å². The first-order chi connectivity index (χ1) is 8.56. The lowest BCUT2D eigenvalue weighted by Crippen LogP contribution is -2.35. The van der Waals surface area contributed by atoms with E-state index in [9.17, 15) is 0 Å². The normalized spacial score (nSPS) is 27.2. The summed E-state index contributed by atoms with van der Waals surface area (Å²) >= 11 is 2.00. The number of thioether (sulfide) groups is 1. The third-order valence-corrected chi connectivity index (χ3v) is 4.59. The van der Waals surface area contributed by atoms with Crippen LogP contribution in [-0.4, -0.2) is 30.9 Å². The van der Waals surface area contributed by atoms with Gasteiger partial charge in [-0.3, -0.25) is 0 Å². The second kappa shape index (κ2) is 5.41. The topological polar surface area (TPSA) is 30.5 Å². The molecule has 0 radical (unpaired) electrons. The third kappa shape index (κ3) is 2.93. The smallest absolute Gasteiger partial charge is 0.160 e. The van der Waals surface area contributed by atoms with Crippen molar-refractivity contribution < 1.29 is 9.47 Å². The lowest BCUT2D eigenvalue weighted by atomic mass is 10.1. The van der Waals surface area contributed by atoms with E-state index in [0.29, 0.717) is 5.25 Å². The summed E-state index contributed by atoms with van der Waals surface area (Å²) in [6.45, 7) is 5.60. The highest BCUT2D eigenvalue weighted by Crippen LogP contribution is 2.36. The molecule has 1 aliphatic rings. The molecule has 1 heterocycles. The zero-order chi connectivity index (χ0) is 13.2. The minimum absolute atomic E-state index is 0.124. The number of hydrogen-bond acceptors (Lipinski definition) is 4. The van der Waals surface area contributed by atoms with E-state index < -0.39 is 0 Å². The summed E-state index contributed by atoms with van der Waals surface area (Å²) in [5, 5.41) is 4.26. The van der Waals surface area contributed by atoms with Gasteiger partial charge in [-0.1, -0.05) is 13.0 Å². The Balaban J connectivity index is 2.14. The van der Waals surface area contributed by atoms with Crippen LogP contribution < -0.4 is 14.8 Å². The molecular formula is C14H21NO2S. The molecular weight excluding hydrogens is 246 g/mol. The summed E-state index contributed by atoms with van der Waals surface area (Å²) < 4.78 is 10.6. The molecule has 1 aliphatic heterocycles. The van der Waals surface area contributed by atoms with Gasteiger partial charge in [0.05, 0.1) is 19.1 Å². The van der Waals surface area contributed by atoms with E-state index in [2.05, 4.69) is 31.3 Å². The summed E-state index contributed by atoms with van der Waals surface area (Å²) in [6.07, 6.45) is 0.988. The Labute approximate surface area is 113 Å². The Hall–Kier alpha value is -0.870. The summed E-state index contributed by atoms with van der Waals surface area (Å²) in [7, 11) is 3.34. The Morgan fingerprint density at radius 3 is 2.61 bits per heavy atom. The fraction of sp³-hybridized carbons (Fsp3) is 0.571. The van der Waals surface area contributed by atoms with Gasteiger partial charge in [-0.15, -0.1) is 11.8 Å². The Bertz CT molecular complexity index is 424. The van der Waals surface area contributed by atoms with E-state index in [1.54, 1.807) is 14.2 Å². The van der Waals surface area contributed by atoms with Crippen LogP contribution in [0.4, 0.5) is 0 Å². The van der Waals surface area contributed by atoms with E-state index >= 15 is 0 Å². The van der Waals surface area contributed by atoms with Crippen LogP contribution in [0.25, 0.3) is 0 Å². The van der Waals surface area contributed by atoms with Gasteiger partial charge in [0.25, 0.3) is 0 Å². The average molecular weight is 267 g/mol. The maximum Gasteiger partial charge on any atom is 0.160 e. The molecule has 1 N–H and O–H groups in total. The first kappa shape index (κ1) is 13.6. The Morgan fingerprint density at radius 2 is 2.06 bits per heavy atom. The minimum Gasteiger partial charge on any atom is -0.493 e. The highest BCUT2D eigenvalue weighted by molar-refractivity contribution is 8.01. The van der Waals surface area contributed by atoms with Crippen LogP contribution >= 0.6 is 11.8 Å². The van der Waals surface area contributed by atoms with Crippen LogP contribution in [-0.2, 0) is 6.42 Å². The van der Waals surface area contributed by atoms with Crippen molar-refractivity contribution in [3.05, 3.63) is 23.8 Å². The largest absolute Gasteiger partial charge is 0.493 e. The fourth-order valence-corrected chi connectivity index (χ4v) is 3.84. The molecule has 100 valence electrons. The molecule has 1 aromatic carbocycles. The van der Waals surface area contributed by atoms with Crippen molar-refractivity contribution in [2.45, 2.75) is 30.4 Å². The molecule has 1 saturated heterocycles. The quantitative estimate of drug-likeness (QED) is 0.908. The molecule has 1 aromatic rings. The van der Waals surface area contributed by atoms with Gasteiger partial charge < -0.3 is 14.8 Å². The molecule has 2 atom stereocenters. The number of ether oxygens (including phenoxy) is 2. The van der Waals surface area contributed by atoms with Gasteiger partial charge in [0.2, 0.25) is 0 Å². The van der Waals surface area contributed by atoms with E-state index in [0.717, 1.165) is 24.5 Å². The molecule has 0 saturated carbocycles. The highest BCUT2D eigenvalue weighted by atomic mass is 32.2. The van der Waals surface area contributed by atoms with Gasteiger partial charge in [-0.05, 0) is 31.0 Å². The van der Waals surface area contributed by atoms with Crippen molar-refractivity contribution in [1.82, 2.24) is 5.32 Å². The van der Waals surface area contributed by atoms with Crippen LogP contribution in [0, 0.1) is 0 Å². The lowest BCUT2D eigenvalue weighted by Gasteiger charge is -2.24. The van der Waals surface area contributed by atoms with Crippen LogP contribution in [0.3, 0.4) is 0 Å². The van der Waals surface area contributed by atoms with E-state index in [1.165, 1.54) is 5.56 Å². The molecule has 1 fully saturated rings. The molecule has 0 bridgehead atoms. The minimum atomic E-state index is 0.124. The molecule has 4 heteroatoms. The first-order valence-electron chi connectivity index (χ1n) is 6.20. The zero-order valence-corrected chi connectivity index (χ0v) is 12.3. The number of nitrogens with one attached hydrogen (secondary N) is 1. The van der Waals surface area contributed by atoms with Crippen molar-refractivity contribution in [3.63, 3.8) is 0 Å². The second-order valence-electron chi connectivity index (χ2n) is 4.91. The number of rotatable bonds is 4. The van der Waals surface area contributed by atoms with E-state index in [1.807, 2.05) is 17.8 Å². The standard InChI is InChI=1S/C14H21NO2S/c1-10-9-15-14(2,18-10)8-11-5-6-12(16-3)13(7-11)17-4/h5-7,10,15H,8-9H2,1-4H3. The van der Waals surface area contributed by atoms with Crippen LogP contribution in [0.2, 0.25) is 0 Å². The molecule has 18 heavy (non-hydrogen) atoms. The van der Waals surface area contributed by atoms with E-state index in [4.69, 9.17) is 9.47 Å². The third-order valence-electron chi connectivity index (χ3n) is 3.21. The SMILES string of the molecule is COc1ccc(CC2(C)NCC(C)S2)cc1OC. The van der Waals surface area contributed by atoms with Crippen molar-refractivity contribution in [2.75, 3.05) is 20.8 Å². The second-order valence-corrected chi connectivity index (χ2v) is 6.85. The maximum atomic E-state index is 5.34. The Kier molecular flexibility index (Phi) is 4.07. The molecule has 3 nitrogen and oxygen atoms in total. The molecule has 2 rings (SSSR count). The summed E-state index contributed by atoms with van der Waals surface area (Å²) in [5.41, 5.74) is 1.27. The van der Waals surface area contributed by atoms with Crippen LogP contribution in [0.1, 0.15) is 19.4 Å². The Morgan fingerprint density at radius 1 is 1.33 bits per heavy atom. The van der Waals surface area contributed by atoms with Gasteiger partial charge in [-0.2, -0.15) is 0 Å². The molecule has 0 aliphatic carbocycles. The van der Waals surface area contributed by atoms with Crippen LogP contribution in [0.15, 0.2) is 18.2 Å². The van der Waals surface area contributed by atoms with Gasteiger partial charge in [0.15, 0.2) is 11.5 Å². The molecule has 0 spiro atoms. The number of benzene rings is 1. The number of hydrogen-bond donors (Lipinski definition) is 1. The molecule has 2 unspecified atom stereocenters. The lowest BCUT2D eigenvalue weighted by molar-refractivity contribution is 0.354. The van der Waals surface area contributed by atoms with Gasteiger partial charge in [0.1, 0.15) is 0 Å². The molecule has 0 aromatic heterocycles. The highest BCUT2D eigenvalue weighted by Gasteiger charge is 2.33. The van der Waals surface area contributed by atoms with Gasteiger partial charge in [0, 0.05) is 11.8 Å². The van der Waals surface area contributed by atoms with Crippen molar-refractivity contribution in [3.8, 4) is 11.5 Å².